The van der Waals surface area contributed by atoms with E-state index in [1.807, 2.05) is 13.1 Å². The van der Waals surface area contributed by atoms with Crippen molar-refractivity contribution in [3.63, 3.8) is 0 Å². The molecule has 166 valence electrons. The Morgan fingerprint density at radius 1 is 1.16 bits per heavy atom. The van der Waals surface area contributed by atoms with Gasteiger partial charge in [0.25, 0.3) is 5.91 Å². The minimum absolute atomic E-state index is 0.0164. The highest BCUT2D eigenvalue weighted by Crippen LogP contribution is 2.25. The number of aromatic nitrogens is 2. The molecule has 8 nitrogen and oxygen atoms in total. The fourth-order valence-corrected chi connectivity index (χ4v) is 4.11. The van der Waals surface area contributed by atoms with Crippen molar-refractivity contribution in [1.29, 1.82) is 0 Å². The average Bonchev–Trinajstić information content (AvgIpc) is 3.30. The first-order chi connectivity index (χ1) is 15.4. The van der Waals surface area contributed by atoms with Gasteiger partial charge in [-0.15, -0.1) is 0 Å². The predicted octanol–water partition coefficient (Wildman–Crippen LogP) is 2.92. The molecular weight excluding hydrogens is 406 g/mol. The molecule has 0 saturated carbocycles. The van der Waals surface area contributed by atoms with Crippen LogP contribution in [-0.4, -0.2) is 62.6 Å². The number of hydrogen-bond donors (Lipinski definition) is 2. The summed E-state index contributed by atoms with van der Waals surface area (Å²) < 4.78 is 1.45. The summed E-state index contributed by atoms with van der Waals surface area (Å²) in [5, 5.41) is 9.77. The number of nitrogens with two attached hydrogens (primary N) is 1. The minimum Gasteiger partial charge on any atom is -0.507 e. The number of amides is 2. The summed E-state index contributed by atoms with van der Waals surface area (Å²) in [6.45, 7) is 2.81. The molecule has 4 rings (SSSR count). The van der Waals surface area contributed by atoms with Crippen LogP contribution < -0.4 is 5.73 Å². The largest absolute Gasteiger partial charge is 0.507 e. The molecule has 1 aromatic heterocycles. The number of imidazole rings is 1. The third-order valence-electron chi connectivity index (χ3n) is 6.02. The molecule has 0 aliphatic carbocycles. The summed E-state index contributed by atoms with van der Waals surface area (Å²) >= 11 is 0. The predicted molar refractivity (Wildman–Crippen MR) is 121 cm³/mol. The van der Waals surface area contributed by atoms with Gasteiger partial charge in [-0.1, -0.05) is 30.3 Å². The van der Waals surface area contributed by atoms with Gasteiger partial charge in [0.15, 0.2) is 0 Å². The molecule has 2 amide bonds. The smallest absolute Gasteiger partial charge is 0.329 e. The Balaban J connectivity index is 1.38. The van der Waals surface area contributed by atoms with Gasteiger partial charge in [-0.3, -0.25) is 14.3 Å². The molecule has 1 saturated heterocycles. The second kappa shape index (κ2) is 9.23. The molecule has 0 unspecified atom stereocenters. The van der Waals surface area contributed by atoms with E-state index >= 15 is 0 Å². The van der Waals surface area contributed by atoms with Crippen molar-refractivity contribution in [2.45, 2.75) is 25.4 Å². The third-order valence-corrected chi connectivity index (χ3v) is 6.02. The van der Waals surface area contributed by atoms with Crippen molar-refractivity contribution in [2.24, 2.45) is 5.73 Å². The second-order valence-corrected chi connectivity index (χ2v) is 8.15. The fourth-order valence-electron chi connectivity index (χ4n) is 4.11. The van der Waals surface area contributed by atoms with E-state index in [0.29, 0.717) is 11.3 Å². The van der Waals surface area contributed by atoms with Crippen molar-refractivity contribution in [3.05, 3.63) is 72.2 Å². The van der Waals surface area contributed by atoms with E-state index in [9.17, 15) is 14.7 Å². The van der Waals surface area contributed by atoms with E-state index in [2.05, 4.69) is 34.1 Å². The van der Waals surface area contributed by atoms with Gasteiger partial charge < -0.3 is 15.7 Å². The SMILES string of the molecule is CN(C(=O)n1cnc(-c2ccc(O)c(C(N)=O)c2)c1)C1CCN(Cc2ccccc2)CC1. The highest BCUT2D eigenvalue weighted by atomic mass is 16.3. The summed E-state index contributed by atoms with van der Waals surface area (Å²) in [6.07, 6.45) is 4.92. The molecule has 0 atom stereocenters. The number of piperidine rings is 1. The van der Waals surface area contributed by atoms with Crippen LogP contribution in [0.3, 0.4) is 0 Å². The number of rotatable bonds is 5. The molecule has 2 heterocycles. The minimum atomic E-state index is -0.724. The van der Waals surface area contributed by atoms with Gasteiger partial charge in [0.2, 0.25) is 0 Å². The van der Waals surface area contributed by atoms with Gasteiger partial charge in [-0.05, 0) is 36.6 Å². The monoisotopic (exact) mass is 433 g/mol. The molecular formula is C24H27N5O3. The van der Waals surface area contributed by atoms with E-state index in [0.717, 1.165) is 32.5 Å². The van der Waals surface area contributed by atoms with Gasteiger partial charge in [0.1, 0.15) is 12.1 Å². The number of carbonyl (C=O) groups excluding carboxylic acids is 2. The summed E-state index contributed by atoms with van der Waals surface area (Å²) in [5.41, 5.74) is 7.74. The van der Waals surface area contributed by atoms with Crippen molar-refractivity contribution in [1.82, 2.24) is 19.4 Å². The van der Waals surface area contributed by atoms with Crippen LogP contribution in [0.1, 0.15) is 28.8 Å². The molecule has 0 bridgehead atoms. The standard InChI is InChI=1S/C24H27N5O3/c1-27(19-9-11-28(12-10-19)14-17-5-3-2-4-6-17)24(32)29-15-21(26-16-29)18-7-8-22(30)20(13-18)23(25)31/h2-8,13,15-16,19,30H,9-12,14H2,1H3,(H2,25,31). The van der Waals surface area contributed by atoms with Crippen molar-refractivity contribution < 1.29 is 14.7 Å². The number of hydrogen-bond acceptors (Lipinski definition) is 5. The molecule has 1 aliphatic heterocycles. The molecule has 3 aromatic rings. The molecule has 0 radical (unpaired) electrons. The number of benzene rings is 2. The van der Waals surface area contributed by atoms with E-state index in [4.69, 9.17) is 5.73 Å². The van der Waals surface area contributed by atoms with E-state index < -0.39 is 5.91 Å². The molecule has 8 heteroatoms. The van der Waals surface area contributed by atoms with Gasteiger partial charge >= 0.3 is 6.03 Å². The molecule has 1 fully saturated rings. The molecule has 32 heavy (non-hydrogen) atoms. The van der Waals surface area contributed by atoms with Crippen LogP contribution in [0, 0.1) is 0 Å². The van der Waals surface area contributed by atoms with Crippen LogP contribution in [0.2, 0.25) is 0 Å². The van der Waals surface area contributed by atoms with Crippen LogP contribution >= 0.6 is 0 Å². The van der Waals surface area contributed by atoms with Crippen LogP contribution in [0.4, 0.5) is 4.79 Å². The van der Waals surface area contributed by atoms with Crippen LogP contribution in [0.5, 0.6) is 5.75 Å². The first kappa shape index (κ1) is 21.6. The third kappa shape index (κ3) is 4.65. The van der Waals surface area contributed by atoms with Crippen LogP contribution in [0.25, 0.3) is 11.3 Å². The Morgan fingerprint density at radius 2 is 1.88 bits per heavy atom. The summed E-state index contributed by atoms with van der Waals surface area (Å²) in [7, 11) is 1.82. The highest BCUT2D eigenvalue weighted by Gasteiger charge is 2.26. The maximum absolute atomic E-state index is 13.0. The maximum atomic E-state index is 13.0. The number of aromatic hydroxyl groups is 1. The van der Waals surface area contributed by atoms with Gasteiger partial charge in [0, 0.05) is 44.5 Å². The Bertz CT molecular complexity index is 1100. The van der Waals surface area contributed by atoms with Gasteiger partial charge in [-0.2, -0.15) is 0 Å². The first-order valence-corrected chi connectivity index (χ1v) is 10.6. The quantitative estimate of drug-likeness (QED) is 0.644. The van der Waals surface area contributed by atoms with Gasteiger partial charge in [-0.25, -0.2) is 9.78 Å². The van der Waals surface area contributed by atoms with Crippen LogP contribution in [0.15, 0.2) is 61.1 Å². The first-order valence-electron chi connectivity index (χ1n) is 10.6. The highest BCUT2D eigenvalue weighted by molar-refractivity contribution is 5.96. The average molecular weight is 434 g/mol. The summed E-state index contributed by atoms with van der Waals surface area (Å²) in [6, 6.07) is 14.9. The zero-order valence-corrected chi connectivity index (χ0v) is 18.0. The Kier molecular flexibility index (Phi) is 6.23. The number of primary amides is 1. The number of carbonyl (C=O) groups is 2. The van der Waals surface area contributed by atoms with E-state index in [1.54, 1.807) is 17.2 Å². The zero-order valence-electron chi connectivity index (χ0n) is 18.0. The lowest BCUT2D eigenvalue weighted by Crippen LogP contribution is -2.46. The lowest BCUT2D eigenvalue weighted by molar-refractivity contribution is 0.0997. The normalized spacial score (nSPS) is 14.9. The molecule has 0 spiro atoms. The van der Waals surface area contributed by atoms with Crippen LogP contribution in [-0.2, 0) is 6.54 Å². The number of phenols is 1. The molecule has 3 N–H and O–H groups in total. The maximum Gasteiger partial charge on any atom is 0.329 e. The number of nitrogens with zero attached hydrogens (tertiary/aromatic N) is 4. The lowest BCUT2D eigenvalue weighted by atomic mass is 10.0. The molecule has 2 aromatic carbocycles. The Hall–Kier alpha value is -3.65. The number of likely N-dealkylation sites (tertiary alicyclic amines) is 1. The molecule has 1 aliphatic rings. The Labute approximate surface area is 186 Å². The van der Waals surface area contributed by atoms with Crippen molar-refractivity contribution in [2.75, 3.05) is 20.1 Å². The topological polar surface area (TPSA) is 105 Å². The van der Waals surface area contributed by atoms with E-state index in [-0.39, 0.29) is 23.4 Å². The van der Waals surface area contributed by atoms with Crippen molar-refractivity contribution in [3.8, 4) is 17.0 Å². The zero-order chi connectivity index (χ0) is 22.7. The Morgan fingerprint density at radius 3 is 2.56 bits per heavy atom. The lowest BCUT2D eigenvalue weighted by Gasteiger charge is -2.36. The van der Waals surface area contributed by atoms with Crippen molar-refractivity contribution >= 4 is 11.9 Å². The summed E-state index contributed by atoms with van der Waals surface area (Å²) in [4.78, 5) is 33.0. The summed E-state index contributed by atoms with van der Waals surface area (Å²) in [5.74, 6) is -0.909. The fraction of sp³-hybridized carbons (Fsp3) is 0.292. The van der Waals surface area contributed by atoms with E-state index in [1.165, 1.54) is 28.6 Å². The van der Waals surface area contributed by atoms with Gasteiger partial charge in [0.05, 0.1) is 11.3 Å². The second-order valence-electron chi connectivity index (χ2n) is 8.15.